The molecule has 0 rings (SSSR count). The number of aliphatic hydroxyl groups is 1. The fourth-order valence-electron chi connectivity index (χ4n) is 1.65. The molecule has 4 heteroatoms. The second-order valence-corrected chi connectivity index (χ2v) is 5.01. The summed E-state index contributed by atoms with van der Waals surface area (Å²) in [4.78, 5) is 4.62. The predicted molar refractivity (Wildman–Crippen MR) is 79.0 cm³/mol. The summed E-state index contributed by atoms with van der Waals surface area (Å²) < 4.78 is 0. The molecule has 0 bridgehead atoms. The van der Waals surface area contributed by atoms with Crippen molar-refractivity contribution in [3.8, 4) is 0 Å². The van der Waals surface area contributed by atoms with Crippen molar-refractivity contribution in [2.24, 2.45) is 10.4 Å². The maximum Gasteiger partial charge on any atom is 0.191 e. The third-order valence-electron chi connectivity index (χ3n) is 3.75. The van der Waals surface area contributed by atoms with Gasteiger partial charge in [0.15, 0.2) is 5.96 Å². The van der Waals surface area contributed by atoms with Gasteiger partial charge in [0.2, 0.25) is 0 Å². The van der Waals surface area contributed by atoms with Gasteiger partial charge >= 0.3 is 0 Å². The van der Waals surface area contributed by atoms with E-state index in [4.69, 9.17) is 0 Å². The number of aliphatic hydroxyl groups excluding tert-OH is 1. The van der Waals surface area contributed by atoms with Gasteiger partial charge in [-0.1, -0.05) is 20.8 Å². The van der Waals surface area contributed by atoms with Crippen molar-refractivity contribution < 1.29 is 5.11 Å². The lowest BCUT2D eigenvalue weighted by Gasteiger charge is -2.28. The van der Waals surface area contributed by atoms with Crippen molar-refractivity contribution in [3.05, 3.63) is 0 Å². The van der Waals surface area contributed by atoms with E-state index in [0.717, 1.165) is 31.8 Å². The van der Waals surface area contributed by atoms with Crippen LogP contribution >= 0.6 is 0 Å². The number of hydrogen-bond donors (Lipinski definition) is 3. The van der Waals surface area contributed by atoms with E-state index in [0.29, 0.717) is 12.6 Å². The topological polar surface area (TPSA) is 56.7 Å². The van der Waals surface area contributed by atoms with Gasteiger partial charge in [-0.2, -0.15) is 0 Å². The zero-order chi connectivity index (χ0) is 14.0. The zero-order valence-corrected chi connectivity index (χ0v) is 12.7. The minimum Gasteiger partial charge on any atom is -0.396 e. The number of guanidine groups is 1. The maximum atomic E-state index is 9.54. The Balaban J connectivity index is 4.63. The summed E-state index contributed by atoms with van der Waals surface area (Å²) in [6.07, 6.45) is 2.97. The van der Waals surface area contributed by atoms with Crippen LogP contribution in [0.2, 0.25) is 0 Å². The van der Waals surface area contributed by atoms with E-state index in [9.17, 15) is 5.11 Å². The molecule has 0 saturated carbocycles. The smallest absolute Gasteiger partial charge is 0.191 e. The Labute approximate surface area is 112 Å². The molecule has 0 radical (unpaired) electrons. The van der Waals surface area contributed by atoms with Gasteiger partial charge in [-0.3, -0.25) is 4.99 Å². The Morgan fingerprint density at radius 1 is 1.22 bits per heavy atom. The van der Waals surface area contributed by atoms with Crippen LogP contribution in [0.4, 0.5) is 0 Å². The summed E-state index contributed by atoms with van der Waals surface area (Å²) >= 11 is 0. The Morgan fingerprint density at radius 2 is 1.83 bits per heavy atom. The molecular weight excluding hydrogens is 226 g/mol. The quantitative estimate of drug-likeness (QED) is 0.461. The van der Waals surface area contributed by atoms with E-state index in [1.807, 2.05) is 0 Å². The van der Waals surface area contributed by atoms with E-state index in [2.05, 4.69) is 50.2 Å². The third-order valence-corrected chi connectivity index (χ3v) is 3.75. The highest BCUT2D eigenvalue weighted by molar-refractivity contribution is 5.80. The van der Waals surface area contributed by atoms with Gasteiger partial charge in [-0.25, -0.2) is 0 Å². The number of aliphatic imine (C=N–C) groups is 1. The Kier molecular flexibility index (Phi) is 8.81. The molecule has 0 fully saturated rings. The number of nitrogens with zero attached hydrogens (tertiary/aromatic N) is 1. The van der Waals surface area contributed by atoms with Crippen LogP contribution in [0.5, 0.6) is 0 Å². The fourth-order valence-corrected chi connectivity index (χ4v) is 1.65. The van der Waals surface area contributed by atoms with Crippen LogP contribution in [0.25, 0.3) is 0 Å². The normalized spacial score (nSPS) is 14.4. The molecule has 0 aromatic carbocycles. The van der Waals surface area contributed by atoms with Gasteiger partial charge in [-0.05, 0) is 33.1 Å². The molecule has 18 heavy (non-hydrogen) atoms. The highest BCUT2D eigenvalue weighted by Gasteiger charge is 2.25. The van der Waals surface area contributed by atoms with E-state index < -0.39 is 0 Å². The maximum absolute atomic E-state index is 9.54. The van der Waals surface area contributed by atoms with Crippen LogP contribution in [0.3, 0.4) is 0 Å². The van der Waals surface area contributed by atoms with Gasteiger partial charge in [0, 0.05) is 18.0 Å². The first kappa shape index (κ1) is 17.2. The lowest BCUT2D eigenvalue weighted by Crippen LogP contribution is -2.43. The predicted octanol–water partition coefficient (Wildman–Crippen LogP) is 2.14. The van der Waals surface area contributed by atoms with Crippen LogP contribution in [0.15, 0.2) is 4.99 Å². The summed E-state index contributed by atoms with van der Waals surface area (Å²) in [5.74, 6) is 0.853. The molecule has 0 aliphatic rings. The molecular formula is C14H31N3O. The molecule has 0 aromatic heterocycles. The minimum absolute atomic E-state index is 0.0716. The molecule has 1 atom stereocenters. The summed E-state index contributed by atoms with van der Waals surface area (Å²) in [7, 11) is 0. The molecule has 3 N–H and O–H groups in total. The largest absolute Gasteiger partial charge is 0.396 e. The highest BCUT2D eigenvalue weighted by atomic mass is 16.3. The standard InChI is InChI=1S/C14H31N3O/c1-6-12(5)17-13(15-9-4)16-10-14(7-2,8-3)11-18/h12,18H,6-11H2,1-5H3,(H2,15,16,17). The summed E-state index contributed by atoms with van der Waals surface area (Å²) in [6, 6.07) is 0.412. The number of nitrogens with one attached hydrogen (secondary N) is 2. The van der Waals surface area contributed by atoms with Crippen LogP contribution in [-0.2, 0) is 0 Å². The first-order valence-corrected chi connectivity index (χ1v) is 7.23. The van der Waals surface area contributed by atoms with Crippen molar-refractivity contribution in [2.45, 2.75) is 59.9 Å². The lowest BCUT2D eigenvalue weighted by molar-refractivity contribution is 0.123. The van der Waals surface area contributed by atoms with Crippen LogP contribution < -0.4 is 10.6 Å². The molecule has 108 valence electrons. The summed E-state index contributed by atoms with van der Waals surface area (Å²) in [5.41, 5.74) is -0.0716. The second-order valence-electron chi connectivity index (χ2n) is 5.01. The minimum atomic E-state index is -0.0716. The van der Waals surface area contributed by atoms with Crippen molar-refractivity contribution in [3.63, 3.8) is 0 Å². The molecule has 0 aromatic rings. The molecule has 0 heterocycles. The second kappa shape index (κ2) is 9.20. The highest BCUT2D eigenvalue weighted by Crippen LogP contribution is 2.25. The van der Waals surface area contributed by atoms with Crippen molar-refractivity contribution in [1.29, 1.82) is 0 Å². The van der Waals surface area contributed by atoms with Gasteiger partial charge in [-0.15, -0.1) is 0 Å². The molecule has 0 aliphatic heterocycles. The van der Waals surface area contributed by atoms with E-state index in [-0.39, 0.29) is 12.0 Å². The average molecular weight is 257 g/mol. The lowest BCUT2D eigenvalue weighted by atomic mass is 9.83. The third kappa shape index (κ3) is 5.71. The summed E-state index contributed by atoms with van der Waals surface area (Å²) in [6.45, 7) is 12.3. The first-order chi connectivity index (χ1) is 8.57. The number of rotatable bonds is 8. The molecule has 0 aliphatic carbocycles. The van der Waals surface area contributed by atoms with Gasteiger partial charge in [0.25, 0.3) is 0 Å². The van der Waals surface area contributed by atoms with E-state index in [1.54, 1.807) is 0 Å². The van der Waals surface area contributed by atoms with Crippen molar-refractivity contribution in [1.82, 2.24) is 10.6 Å². The molecule has 0 spiro atoms. The van der Waals surface area contributed by atoms with Gasteiger partial charge in [0.1, 0.15) is 0 Å². The SMILES string of the molecule is CCNC(=NCC(CC)(CC)CO)NC(C)CC. The van der Waals surface area contributed by atoms with Gasteiger partial charge in [0.05, 0.1) is 13.2 Å². The Hall–Kier alpha value is -0.770. The first-order valence-electron chi connectivity index (χ1n) is 7.23. The molecule has 0 amide bonds. The molecule has 4 nitrogen and oxygen atoms in total. The number of hydrogen-bond acceptors (Lipinski definition) is 2. The monoisotopic (exact) mass is 257 g/mol. The van der Waals surface area contributed by atoms with Crippen LogP contribution in [0.1, 0.15) is 53.9 Å². The van der Waals surface area contributed by atoms with Crippen molar-refractivity contribution in [2.75, 3.05) is 19.7 Å². The van der Waals surface area contributed by atoms with Crippen LogP contribution in [0, 0.1) is 5.41 Å². The average Bonchev–Trinajstić information content (AvgIpc) is 2.40. The Morgan fingerprint density at radius 3 is 2.22 bits per heavy atom. The Bertz CT molecular complexity index is 229. The van der Waals surface area contributed by atoms with Crippen LogP contribution in [-0.4, -0.2) is 36.8 Å². The summed E-state index contributed by atoms with van der Waals surface area (Å²) in [5, 5.41) is 16.2. The fraction of sp³-hybridized carbons (Fsp3) is 0.929. The van der Waals surface area contributed by atoms with Gasteiger partial charge < -0.3 is 15.7 Å². The van der Waals surface area contributed by atoms with Crippen molar-refractivity contribution >= 4 is 5.96 Å². The zero-order valence-electron chi connectivity index (χ0n) is 12.7. The van der Waals surface area contributed by atoms with E-state index in [1.165, 1.54) is 0 Å². The molecule has 1 unspecified atom stereocenters. The molecule has 0 saturated heterocycles. The van der Waals surface area contributed by atoms with E-state index >= 15 is 0 Å².